The van der Waals surface area contributed by atoms with E-state index in [2.05, 4.69) is 0 Å². The van der Waals surface area contributed by atoms with Gasteiger partial charge in [-0.3, -0.25) is 4.79 Å². The molecule has 0 aliphatic carbocycles. The summed E-state index contributed by atoms with van der Waals surface area (Å²) < 4.78 is 42.5. The van der Waals surface area contributed by atoms with E-state index >= 15 is 0 Å². The lowest BCUT2D eigenvalue weighted by molar-refractivity contribution is -0.137. The molecule has 0 aromatic heterocycles. The Kier molecular flexibility index (Phi) is 4.75. The molecule has 21 heavy (non-hydrogen) atoms. The third-order valence-electron chi connectivity index (χ3n) is 2.88. The SMILES string of the molecule is O=C(COCc1ccccc1)c1ccc(C(F)(F)F)cc1. The standard InChI is InChI=1S/C16H13F3O2/c17-16(18,19)14-8-6-13(7-9-14)15(20)11-21-10-12-4-2-1-3-5-12/h1-9H,10-11H2. The Balaban J connectivity index is 1.89. The molecule has 0 aliphatic heterocycles. The zero-order chi connectivity index (χ0) is 15.3. The van der Waals surface area contributed by atoms with Crippen LogP contribution in [0.15, 0.2) is 54.6 Å². The van der Waals surface area contributed by atoms with E-state index in [0.717, 1.165) is 29.8 Å². The fraction of sp³-hybridized carbons (Fsp3) is 0.188. The van der Waals surface area contributed by atoms with Gasteiger partial charge in [-0.25, -0.2) is 0 Å². The van der Waals surface area contributed by atoms with E-state index in [9.17, 15) is 18.0 Å². The molecule has 5 heteroatoms. The predicted octanol–water partition coefficient (Wildman–Crippen LogP) is 4.10. The third-order valence-corrected chi connectivity index (χ3v) is 2.88. The Morgan fingerprint density at radius 1 is 0.952 bits per heavy atom. The predicted molar refractivity (Wildman–Crippen MR) is 71.9 cm³/mol. The summed E-state index contributed by atoms with van der Waals surface area (Å²) in [6, 6.07) is 13.4. The van der Waals surface area contributed by atoms with Gasteiger partial charge in [0.25, 0.3) is 0 Å². The lowest BCUT2D eigenvalue weighted by atomic mass is 10.1. The van der Waals surface area contributed by atoms with E-state index in [1.807, 2.05) is 30.3 Å². The van der Waals surface area contributed by atoms with Crippen LogP contribution in [-0.2, 0) is 17.5 Å². The first-order valence-electron chi connectivity index (χ1n) is 6.29. The van der Waals surface area contributed by atoms with Crippen LogP contribution in [0.5, 0.6) is 0 Å². The van der Waals surface area contributed by atoms with Crippen molar-refractivity contribution in [3.8, 4) is 0 Å². The van der Waals surface area contributed by atoms with E-state index < -0.39 is 11.7 Å². The first kappa shape index (κ1) is 15.3. The zero-order valence-corrected chi connectivity index (χ0v) is 11.1. The van der Waals surface area contributed by atoms with Crippen LogP contribution in [0.2, 0.25) is 0 Å². The third kappa shape index (κ3) is 4.43. The summed E-state index contributed by atoms with van der Waals surface area (Å²) in [6.45, 7) is 0.119. The average molecular weight is 294 g/mol. The molecule has 0 fully saturated rings. The second kappa shape index (κ2) is 6.54. The second-order valence-electron chi connectivity index (χ2n) is 4.48. The Labute approximate surface area is 120 Å². The number of Topliss-reactive ketones (excluding diaryl/α,β-unsaturated/α-hetero) is 1. The van der Waals surface area contributed by atoms with Crippen LogP contribution in [0.4, 0.5) is 13.2 Å². The van der Waals surface area contributed by atoms with Crippen LogP contribution in [0, 0.1) is 0 Å². The minimum atomic E-state index is -4.40. The highest BCUT2D eigenvalue weighted by Gasteiger charge is 2.30. The maximum atomic E-state index is 12.4. The van der Waals surface area contributed by atoms with Crippen molar-refractivity contribution in [2.24, 2.45) is 0 Å². The molecule has 2 aromatic rings. The summed E-state index contributed by atoms with van der Waals surface area (Å²) in [4.78, 5) is 11.8. The average Bonchev–Trinajstić information content (AvgIpc) is 2.47. The van der Waals surface area contributed by atoms with Gasteiger partial charge in [-0.05, 0) is 17.7 Å². The number of carbonyl (C=O) groups is 1. The van der Waals surface area contributed by atoms with Crippen molar-refractivity contribution in [1.29, 1.82) is 0 Å². The van der Waals surface area contributed by atoms with Gasteiger partial charge in [0.05, 0.1) is 12.2 Å². The fourth-order valence-corrected chi connectivity index (χ4v) is 1.76. The number of rotatable bonds is 5. The highest BCUT2D eigenvalue weighted by Crippen LogP contribution is 2.29. The van der Waals surface area contributed by atoms with Crippen molar-refractivity contribution in [3.05, 3.63) is 71.3 Å². The molecule has 0 saturated carbocycles. The number of alkyl halides is 3. The number of ether oxygens (including phenoxy) is 1. The summed E-state index contributed by atoms with van der Waals surface area (Å²) >= 11 is 0. The minimum Gasteiger partial charge on any atom is -0.369 e. The largest absolute Gasteiger partial charge is 0.416 e. The number of carbonyl (C=O) groups excluding carboxylic acids is 1. The zero-order valence-electron chi connectivity index (χ0n) is 11.1. The van der Waals surface area contributed by atoms with E-state index in [-0.39, 0.29) is 24.6 Å². The molecule has 2 rings (SSSR count). The van der Waals surface area contributed by atoms with Crippen molar-refractivity contribution in [3.63, 3.8) is 0 Å². The summed E-state index contributed by atoms with van der Waals surface area (Å²) in [5, 5.41) is 0. The van der Waals surface area contributed by atoms with Crippen LogP contribution < -0.4 is 0 Å². The number of halogens is 3. The van der Waals surface area contributed by atoms with Gasteiger partial charge >= 0.3 is 6.18 Å². The fourth-order valence-electron chi connectivity index (χ4n) is 1.76. The Hall–Kier alpha value is -2.14. The van der Waals surface area contributed by atoms with Gasteiger partial charge in [0.2, 0.25) is 0 Å². The van der Waals surface area contributed by atoms with Crippen molar-refractivity contribution in [2.75, 3.05) is 6.61 Å². The highest BCUT2D eigenvalue weighted by atomic mass is 19.4. The lowest BCUT2D eigenvalue weighted by Gasteiger charge is -2.07. The molecular formula is C16H13F3O2. The van der Waals surface area contributed by atoms with E-state index in [0.29, 0.717) is 0 Å². The maximum Gasteiger partial charge on any atom is 0.416 e. The van der Waals surface area contributed by atoms with E-state index in [4.69, 9.17) is 4.74 Å². The quantitative estimate of drug-likeness (QED) is 0.776. The van der Waals surface area contributed by atoms with Crippen LogP contribution in [-0.4, -0.2) is 12.4 Å². The first-order valence-corrected chi connectivity index (χ1v) is 6.29. The first-order chi connectivity index (χ1) is 9.97. The number of benzene rings is 2. The minimum absolute atomic E-state index is 0.166. The Morgan fingerprint density at radius 2 is 1.57 bits per heavy atom. The summed E-state index contributed by atoms with van der Waals surface area (Å²) in [5.74, 6) is -0.348. The molecule has 0 bridgehead atoms. The molecule has 0 aliphatic rings. The summed E-state index contributed by atoms with van der Waals surface area (Å²) in [7, 11) is 0. The van der Waals surface area contributed by atoms with E-state index in [1.54, 1.807) is 0 Å². The molecule has 0 saturated heterocycles. The highest BCUT2D eigenvalue weighted by molar-refractivity contribution is 5.97. The van der Waals surface area contributed by atoms with Crippen molar-refractivity contribution in [1.82, 2.24) is 0 Å². The molecule has 0 amide bonds. The van der Waals surface area contributed by atoms with Crippen LogP contribution in [0.3, 0.4) is 0 Å². The summed E-state index contributed by atoms with van der Waals surface area (Å²) in [6.07, 6.45) is -4.40. The molecular weight excluding hydrogens is 281 g/mol. The van der Waals surface area contributed by atoms with Crippen LogP contribution in [0.25, 0.3) is 0 Å². The number of hydrogen-bond donors (Lipinski definition) is 0. The van der Waals surface area contributed by atoms with Gasteiger partial charge in [0, 0.05) is 5.56 Å². The number of ketones is 1. The second-order valence-corrected chi connectivity index (χ2v) is 4.48. The van der Waals surface area contributed by atoms with E-state index in [1.165, 1.54) is 0 Å². The molecule has 0 heterocycles. The van der Waals surface area contributed by atoms with Gasteiger partial charge in [-0.15, -0.1) is 0 Å². The van der Waals surface area contributed by atoms with Gasteiger partial charge in [0.1, 0.15) is 6.61 Å². The smallest absolute Gasteiger partial charge is 0.369 e. The van der Waals surface area contributed by atoms with Gasteiger partial charge in [0.15, 0.2) is 5.78 Å². The Morgan fingerprint density at radius 3 is 2.14 bits per heavy atom. The van der Waals surface area contributed by atoms with Crippen LogP contribution in [0.1, 0.15) is 21.5 Å². The molecule has 0 unspecified atom stereocenters. The van der Waals surface area contributed by atoms with Crippen molar-refractivity contribution in [2.45, 2.75) is 12.8 Å². The Bertz CT molecular complexity index is 589. The maximum absolute atomic E-state index is 12.4. The van der Waals surface area contributed by atoms with Crippen molar-refractivity contribution >= 4 is 5.78 Å². The van der Waals surface area contributed by atoms with Gasteiger partial charge in [-0.2, -0.15) is 13.2 Å². The molecule has 0 radical (unpaired) electrons. The van der Waals surface area contributed by atoms with Gasteiger partial charge in [-0.1, -0.05) is 42.5 Å². The molecule has 0 atom stereocenters. The topological polar surface area (TPSA) is 26.3 Å². The monoisotopic (exact) mass is 294 g/mol. The molecule has 110 valence electrons. The normalized spacial score (nSPS) is 11.4. The molecule has 0 spiro atoms. The number of hydrogen-bond acceptors (Lipinski definition) is 2. The molecule has 2 nitrogen and oxygen atoms in total. The molecule has 2 aromatic carbocycles. The summed E-state index contributed by atoms with van der Waals surface area (Å²) in [5.41, 5.74) is 0.359. The van der Waals surface area contributed by atoms with Crippen LogP contribution >= 0.6 is 0 Å². The van der Waals surface area contributed by atoms with Gasteiger partial charge < -0.3 is 4.74 Å². The van der Waals surface area contributed by atoms with Crippen molar-refractivity contribution < 1.29 is 22.7 Å². The molecule has 0 N–H and O–H groups in total. The lowest BCUT2D eigenvalue weighted by Crippen LogP contribution is -2.10.